The highest BCUT2D eigenvalue weighted by Crippen LogP contribution is 2.10. The van der Waals surface area contributed by atoms with Gasteiger partial charge in [-0.25, -0.2) is 4.79 Å². The van der Waals surface area contributed by atoms with E-state index in [1.54, 1.807) is 28.8 Å². The molecule has 7 heteroatoms. The maximum Gasteiger partial charge on any atom is 0.326 e. The average Bonchev–Trinajstić information content (AvgIpc) is 2.55. The molecule has 0 fully saturated rings. The molecule has 26 heavy (non-hydrogen) atoms. The van der Waals surface area contributed by atoms with Gasteiger partial charge in [-0.3, -0.25) is 9.59 Å². The van der Waals surface area contributed by atoms with Crippen LogP contribution in [0, 0.1) is 0 Å². The Morgan fingerprint density at radius 2 is 1.92 bits per heavy atom. The summed E-state index contributed by atoms with van der Waals surface area (Å²) in [5.41, 5.74) is 0.125. The number of carbonyl (C=O) groups is 2. The number of rotatable bonds is 7. The van der Waals surface area contributed by atoms with Gasteiger partial charge in [0.2, 0.25) is 5.91 Å². The van der Waals surface area contributed by atoms with Crippen molar-refractivity contribution in [1.82, 2.24) is 9.88 Å². The van der Waals surface area contributed by atoms with Crippen LogP contribution in [0.15, 0.2) is 41.3 Å². The van der Waals surface area contributed by atoms with Crippen molar-refractivity contribution in [1.29, 1.82) is 0 Å². The second-order valence-electron chi connectivity index (χ2n) is 7.03. The van der Waals surface area contributed by atoms with E-state index in [2.05, 4.69) is 5.32 Å². The molecule has 140 valence electrons. The van der Waals surface area contributed by atoms with Crippen LogP contribution in [0.4, 0.5) is 0 Å². The van der Waals surface area contributed by atoms with E-state index in [4.69, 9.17) is 4.74 Å². The van der Waals surface area contributed by atoms with E-state index in [0.717, 1.165) is 0 Å². The Hall–Kier alpha value is -2.67. The SMILES string of the molecule is CC(C)(C)OCCC(NC(=O)Cn1ccc(=O)c2ccccc21)C(=O)O. The number of benzene rings is 1. The smallest absolute Gasteiger partial charge is 0.326 e. The summed E-state index contributed by atoms with van der Waals surface area (Å²) in [6, 6.07) is 7.33. The summed E-state index contributed by atoms with van der Waals surface area (Å²) in [5.74, 6) is -1.55. The number of hydrogen-bond acceptors (Lipinski definition) is 4. The molecular formula is C19H24N2O5. The molecule has 0 aliphatic heterocycles. The second kappa shape index (κ2) is 8.14. The van der Waals surface area contributed by atoms with Crippen molar-refractivity contribution in [2.75, 3.05) is 6.61 Å². The number of para-hydroxylation sites is 1. The van der Waals surface area contributed by atoms with Crippen LogP contribution in [0.1, 0.15) is 27.2 Å². The third-order valence-corrected chi connectivity index (χ3v) is 3.77. The van der Waals surface area contributed by atoms with E-state index < -0.39 is 17.9 Å². The van der Waals surface area contributed by atoms with Gasteiger partial charge >= 0.3 is 5.97 Å². The van der Waals surface area contributed by atoms with Gasteiger partial charge in [-0.1, -0.05) is 12.1 Å². The van der Waals surface area contributed by atoms with E-state index in [1.807, 2.05) is 20.8 Å². The minimum absolute atomic E-state index is 0.0787. The standard InChI is InChI=1S/C19H24N2O5/c1-19(2,3)26-11-9-14(18(24)25)20-17(23)12-21-10-8-16(22)13-6-4-5-7-15(13)21/h4-8,10,14H,9,11-12H2,1-3H3,(H,20,23)(H,24,25). The summed E-state index contributed by atoms with van der Waals surface area (Å²) in [6.45, 7) is 5.78. The van der Waals surface area contributed by atoms with Crippen molar-refractivity contribution >= 4 is 22.8 Å². The molecule has 0 aliphatic rings. The molecule has 2 N–H and O–H groups in total. The molecule has 0 bridgehead atoms. The zero-order valence-electron chi connectivity index (χ0n) is 15.2. The Balaban J connectivity index is 2.06. The van der Waals surface area contributed by atoms with Crippen LogP contribution >= 0.6 is 0 Å². The summed E-state index contributed by atoms with van der Waals surface area (Å²) in [4.78, 5) is 35.6. The van der Waals surface area contributed by atoms with Crippen LogP contribution in [0.25, 0.3) is 10.9 Å². The molecule has 0 aliphatic carbocycles. The van der Waals surface area contributed by atoms with E-state index in [1.165, 1.54) is 12.3 Å². The third-order valence-electron chi connectivity index (χ3n) is 3.77. The summed E-state index contributed by atoms with van der Waals surface area (Å²) in [5, 5.41) is 12.3. The number of fused-ring (bicyclic) bond motifs is 1. The molecule has 1 atom stereocenters. The topological polar surface area (TPSA) is 97.6 Å². The summed E-state index contributed by atoms with van der Waals surface area (Å²) in [6.07, 6.45) is 1.70. The number of nitrogens with zero attached hydrogens (tertiary/aromatic N) is 1. The molecule has 1 aromatic heterocycles. The maximum absolute atomic E-state index is 12.3. The molecule has 0 saturated heterocycles. The van der Waals surface area contributed by atoms with Crippen molar-refractivity contribution in [3.8, 4) is 0 Å². The van der Waals surface area contributed by atoms with Gasteiger partial charge in [-0.15, -0.1) is 0 Å². The number of hydrogen-bond donors (Lipinski definition) is 2. The quantitative estimate of drug-likeness (QED) is 0.784. The number of aromatic nitrogens is 1. The van der Waals surface area contributed by atoms with Gasteiger partial charge in [0.05, 0.1) is 11.1 Å². The average molecular weight is 360 g/mol. The number of amides is 1. The van der Waals surface area contributed by atoms with Crippen molar-refractivity contribution in [2.24, 2.45) is 0 Å². The predicted molar refractivity (Wildman–Crippen MR) is 98.1 cm³/mol. The number of carboxylic acids is 1. The van der Waals surface area contributed by atoms with E-state index >= 15 is 0 Å². The molecule has 1 aromatic carbocycles. The zero-order valence-corrected chi connectivity index (χ0v) is 15.2. The summed E-state index contributed by atoms with van der Waals surface area (Å²) >= 11 is 0. The Bertz CT molecular complexity index is 851. The zero-order chi connectivity index (χ0) is 19.3. The molecule has 1 unspecified atom stereocenters. The Morgan fingerprint density at radius 3 is 2.58 bits per heavy atom. The fraction of sp³-hybridized carbons (Fsp3) is 0.421. The third kappa shape index (κ3) is 5.42. The van der Waals surface area contributed by atoms with Crippen molar-refractivity contribution in [3.63, 3.8) is 0 Å². The molecule has 0 spiro atoms. The lowest BCUT2D eigenvalue weighted by atomic mass is 10.1. The van der Waals surface area contributed by atoms with E-state index in [-0.39, 0.29) is 30.6 Å². The Labute approximate surface area is 151 Å². The van der Waals surface area contributed by atoms with Crippen molar-refractivity contribution in [3.05, 3.63) is 46.8 Å². The van der Waals surface area contributed by atoms with Gasteiger partial charge in [0.15, 0.2) is 5.43 Å². The normalized spacial score (nSPS) is 12.7. The van der Waals surface area contributed by atoms with Crippen molar-refractivity contribution < 1.29 is 19.4 Å². The predicted octanol–water partition coefficient (Wildman–Crippen LogP) is 1.78. The van der Waals surface area contributed by atoms with Crippen LogP contribution in [-0.4, -0.2) is 39.8 Å². The maximum atomic E-state index is 12.3. The van der Waals surface area contributed by atoms with E-state index in [9.17, 15) is 19.5 Å². The van der Waals surface area contributed by atoms with Gasteiger partial charge in [-0.05, 0) is 32.9 Å². The molecule has 0 saturated carbocycles. The van der Waals surface area contributed by atoms with Crippen molar-refractivity contribution in [2.45, 2.75) is 45.4 Å². The first-order chi connectivity index (χ1) is 12.2. The second-order valence-corrected chi connectivity index (χ2v) is 7.03. The van der Waals surface area contributed by atoms with Gasteiger partial charge in [0.1, 0.15) is 12.6 Å². The molecule has 2 aromatic rings. The lowest BCUT2D eigenvalue weighted by molar-refractivity contribution is -0.142. The minimum Gasteiger partial charge on any atom is -0.480 e. The number of ether oxygens (including phenoxy) is 1. The first kappa shape index (κ1) is 19.7. The van der Waals surface area contributed by atoms with Gasteiger partial charge < -0.3 is 19.7 Å². The van der Waals surface area contributed by atoms with Crippen LogP contribution in [0.2, 0.25) is 0 Å². The van der Waals surface area contributed by atoms with Gasteiger partial charge in [-0.2, -0.15) is 0 Å². The number of aliphatic carboxylic acids is 1. The van der Waals surface area contributed by atoms with Gasteiger partial charge in [0, 0.05) is 30.7 Å². The molecule has 1 amide bonds. The number of carboxylic acid groups (broad SMARTS) is 1. The molecule has 0 radical (unpaired) electrons. The highest BCUT2D eigenvalue weighted by molar-refractivity contribution is 5.85. The van der Waals surface area contributed by atoms with E-state index in [0.29, 0.717) is 10.9 Å². The van der Waals surface area contributed by atoms with Crippen LogP contribution < -0.4 is 10.7 Å². The molecular weight excluding hydrogens is 336 g/mol. The fourth-order valence-corrected chi connectivity index (χ4v) is 2.53. The summed E-state index contributed by atoms with van der Waals surface area (Å²) < 4.78 is 7.15. The Kier molecular flexibility index (Phi) is 6.15. The largest absolute Gasteiger partial charge is 0.480 e. The minimum atomic E-state index is -1.11. The summed E-state index contributed by atoms with van der Waals surface area (Å²) in [7, 11) is 0. The van der Waals surface area contributed by atoms with Crippen LogP contribution in [0.3, 0.4) is 0 Å². The highest BCUT2D eigenvalue weighted by Gasteiger charge is 2.21. The highest BCUT2D eigenvalue weighted by atomic mass is 16.5. The lowest BCUT2D eigenvalue weighted by Gasteiger charge is -2.21. The Morgan fingerprint density at radius 1 is 1.23 bits per heavy atom. The number of carbonyl (C=O) groups excluding carboxylic acids is 1. The van der Waals surface area contributed by atoms with Crippen LogP contribution in [0.5, 0.6) is 0 Å². The first-order valence-electron chi connectivity index (χ1n) is 8.42. The monoisotopic (exact) mass is 360 g/mol. The molecule has 1 heterocycles. The first-order valence-corrected chi connectivity index (χ1v) is 8.42. The molecule has 2 rings (SSSR count). The molecule has 7 nitrogen and oxygen atoms in total. The fourth-order valence-electron chi connectivity index (χ4n) is 2.53. The van der Waals surface area contributed by atoms with Gasteiger partial charge in [0.25, 0.3) is 0 Å². The number of pyridine rings is 1. The van der Waals surface area contributed by atoms with Crippen LogP contribution in [-0.2, 0) is 20.9 Å². The lowest BCUT2D eigenvalue weighted by Crippen LogP contribution is -2.43. The number of nitrogens with one attached hydrogen (secondary N) is 1.